The predicted octanol–water partition coefficient (Wildman–Crippen LogP) is 3.77. The topological polar surface area (TPSA) is 17.1 Å². The number of carbonyl (C=O) groups excluding carboxylic acids is 1. The van der Waals surface area contributed by atoms with Crippen molar-refractivity contribution in [2.45, 2.75) is 25.4 Å². The van der Waals surface area contributed by atoms with Crippen LogP contribution in [0, 0.1) is 0 Å². The van der Waals surface area contributed by atoms with Crippen molar-refractivity contribution >= 4 is 6.29 Å². The molecule has 94 valence electrons. The van der Waals surface area contributed by atoms with Gasteiger partial charge in [0.05, 0.1) is 5.56 Å². The highest BCUT2D eigenvalue weighted by atomic mass is 19.4. The van der Waals surface area contributed by atoms with Gasteiger partial charge in [-0.05, 0) is 18.1 Å². The van der Waals surface area contributed by atoms with Gasteiger partial charge in [-0.1, -0.05) is 12.1 Å². The lowest BCUT2D eigenvalue weighted by Gasteiger charge is -2.13. The first kappa shape index (κ1) is 13.6. The van der Waals surface area contributed by atoms with E-state index in [2.05, 4.69) is 0 Å². The number of carbonyl (C=O) groups is 1. The van der Waals surface area contributed by atoms with Gasteiger partial charge in [-0.3, -0.25) is 0 Å². The van der Waals surface area contributed by atoms with E-state index < -0.39 is 23.7 Å². The number of hydrogen-bond donors (Lipinski definition) is 0. The molecule has 17 heavy (non-hydrogen) atoms. The zero-order valence-electron chi connectivity index (χ0n) is 8.60. The van der Waals surface area contributed by atoms with Crippen molar-refractivity contribution in [1.82, 2.24) is 0 Å². The molecule has 0 N–H and O–H groups in total. The number of aldehydes is 1. The number of aryl methyl sites for hydroxylation is 1. The molecule has 6 heteroatoms. The minimum absolute atomic E-state index is 0.0723. The molecule has 0 amide bonds. The minimum atomic E-state index is -4.69. The largest absolute Gasteiger partial charge is 0.416 e. The lowest BCUT2D eigenvalue weighted by molar-refractivity contribution is -0.138. The molecule has 0 radical (unpaired) electrons. The van der Waals surface area contributed by atoms with Crippen LogP contribution in [0.1, 0.15) is 29.5 Å². The molecule has 0 spiro atoms. The molecular weight excluding hydrogens is 243 g/mol. The van der Waals surface area contributed by atoms with Gasteiger partial charge in [0.2, 0.25) is 0 Å². The first-order chi connectivity index (χ1) is 7.86. The molecule has 0 fully saturated rings. The summed E-state index contributed by atoms with van der Waals surface area (Å²) in [7, 11) is 0. The van der Waals surface area contributed by atoms with Crippen LogP contribution in [0.25, 0.3) is 0 Å². The van der Waals surface area contributed by atoms with E-state index >= 15 is 0 Å². The minimum Gasteiger partial charge on any atom is -0.303 e. The molecule has 0 aliphatic heterocycles. The van der Waals surface area contributed by atoms with Crippen LogP contribution in [0.15, 0.2) is 18.2 Å². The molecule has 0 aliphatic carbocycles. The first-order valence-electron chi connectivity index (χ1n) is 4.78. The fourth-order valence-electron chi connectivity index (χ4n) is 1.43. The standard InChI is InChI=1S/C11H9F5O/c12-10(13)8-4-3-7(2-1-5-17)9(6-8)11(14,15)16/h3-6,10H,1-2H2. The van der Waals surface area contributed by atoms with Crippen molar-refractivity contribution in [1.29, 1.82) is 0 Å². The summed E-state index contributed by atoms with van der Waals surface area (Å²) in [5, 5.41) is 0. The fraction of sp³-hybridized carbons (Fsp3) is 0.364. The van der Waals surface area contributed by atoms with Crippen molar-refractivity contribution in [2.75, 3.05) is 0 Å². The highest BCUT2D eigenvalue weighted by molar-refractivity contribution is 5.50. The molecule has 0 heterocycles. The average Bonchev–Trinajstić information content (AvgIpc) is 2.24. The Labute approximate surface area is 94.2 Å². The van der Waals surface area contributed by atoms with E-state index in [-0.39, 0.29) is 18.4 Å². The summed E-state index contributed by atoms with van der Waals surface area (Å²) in [5.74, 6) is 0. The molecular formula is C11H9F5O. The summed E-state index contributed by atoms with van der Waals surface area (Å²) in [4.78, 5) is 10.1. The van der Waals surface area contributed by atoms with Crippen LogP contribution in [-0.4, -0.2) is 6.29 Å². The second-order valence-corrected chi connectivity index (χ2v) is 3.42. The molecule has 1 nitrogen and oxygen atoms in total. The third-order valence-corrected chi connectivity index (χ3v) is 2.22. The van der Waals surface area contributed by atoms with Crippen molar-refractivity contribution in [3.05, 3.63) is 34.9 Å². The fourth-order valence-corrected chi connectivity index (χ4v) is 1.43. The molecule has 0 aliphatic rings. The van der Waals surface area contributed by atoms with Crippen LogP contribution in [0.5, 0.6) is 0 Å². The van der Waals surface area contributed by atoms with E-state index in [1.807, 2.05) is 0 Å². The number of benzene rings is 1. The van der Waals surface area contributed by atoms with E-state index in [0.29, 0.717) is 12.4 Å². The Kier molecular flexibility index (Phi) is 4.20. The third kappa shape index (κ3) is 3.51. The van der Waals surface area contributed by atoms with Crippen molar-refractivity contribution in [3.8, 4) is 0 Å². The van der Waals surface area contributed by atoms with Gasteiger partial charge in [-0.25, -0.2) is 8.78 Å². The van der Waals surface area contributed by atoms with Crippen LogP contribution in [0.2, 0.25) is 0 Å². The van der Waals surface area contributed by atoms with E-state index in [4.69, 9.17) is 0 Å². The molecule has 1 aromatic carbocycles. The summed E-state index contributed by atoms with van der Waals surface area (Å²) in [5.41, 5.74) is -1.92. The molecule has 1 rings (SSSR count). The Bertz CT molecular complexity index is 397. The summed E-state index contributed by atoms with van der Waals surface area (Å²) in [6.45, 7) is 0. The van der Waals surface area contributed by atoms with Crippen molar-refractivity contribution in [2.24, 2.45) is 0 Å². The number of rotatable bonds is 4. The maximum Gasteiger partial charge on any atom is 0.416 e. The maximum absolute atomic E-state index is 12.6. The third-order valence-electron chi connectivity index (χ3n) is 2.22. The lowest BCUT2D eigenvalue weighted by Crippen LogP contribution is -2.10. The van der Waals surface area contributed by atoms with Crippen LogP contribution < -0.4 is 0 Å². The van der Waals surface area contributed by atoms with Crippen LogP contribution in [0.3, 0.4) is 0 Å². The van der Waals surface area contributed by atoms with Gasteiger partial charge >= 0.3 is 6.18 Å². The second kappa shape index (κ2) is 5.25. The molecule has 0 saturated carbocycles. The van der Waals surface area contributed by atoms with E-state index in [0.717, 1.165) is 12.1 Å². The molecule has 0 atom stereocenters. The average molecular weight is 252 g/mol. The summed E-state index contributed by atoms with van der Waals surface area (Å²) < 4.78 is 62.3. The van der Waals surface area contributed by atoms with Gasteiger partial charge in [-0.15, -0.1) is 0 Å². The molecule has 0 unspecified atom stereocenters. The van der Waals surface area contributed by atoms with Crippen LogP contribution in [-0.2, 0) is 17.4 Å². The SMILES string of the molecule is O=CCCc1ccc(C(F)F)cc1C(F)(F)F. The highest BCUT2D eigenvalue weighted by Crippen LogP contribution is 2.35. The molecule has 0 bridgehead atoms. The Balaban J connectivity index is 3.17. The Morgan fingerprint density at radius 1 is 1.24 bits per heavy atom. The van der Waals surface area contributed by atoms with Gasteiger partial charge < -0.3 is 4.79 Å². The molecule has 0 saturated heterocycles. The number of alkyl halides is 5. The van der Waals surface area contributed by atoms with Gasteiger partial charge in [0.15, 0.2) is 0 Å². The number of halogens is 5. The van der Waals surface area contributed by atoms with E-state index in [1.165, 1.54) is 0 Å². The Morgan fingerprint density at radius 3 is 2.35 bits per heavy atom. The van der Waals surface area contributed by atoms with E-state index in [9.17, 15) is 26.7 Å². The molecule has 0 aromatic heterocycles. The van der Waals surface area contributed by atoms with Crippen molar-refractivity contribution in [3.63, 3.8) is 0 Å². The second-order valence-electron chi connectivity index (χ2n) is 3.42. The predicted molar refractivity (Wildman–Crippen MR) is 50.8 cm³/mol. The normalized spacial score (nSPS) is 11.9. The number of hydrogen-bond acceptors (Lipinski definition) is 1. The summed E-state index contributed by atoms with van der Waals surface area (Å²) in [6, 6.07) is 2.37. The summed E-state index contributed by atoms with van der Waals surface area (Å²) >= 11 is 0. The Morgan fingerprint density at radius 2 is 1.88 bits per heavy atom. The summed E-state index contributed by atoms with van der Waals surface area (Å²) in [6.07, 6.45) is -7.33. The zero-order chi connectivity index (χ0) is 13.1. The molecule has 1 aromatic rings. The zero-order valence-corrected chi connectivity index (χ0v) is 8.60. The lowest BCUT2D eigenvalue weighted by atomic mass is 10.00. The van der Waals surface area contributed by atoms with Crippen molar-refractivity contribution < 1.29 is 26.7 Å². The smallest absolute Gasteiger partial charge is 0.303 e. The van der Waals surface area contributed by atoms with Crippen LogP contribution >= 0.6 is 0 Å². The van der Waals surface area contributed by atoms with Crippen LogP contribution in [0.4, 0.5) is 22.0 Å². The quantitative estimate of drug-likeness (QED) is 0.588. The van der Waals surface area contributed by atoms with Gasteiger partial charge in [0.25, 0.3) is 6.43 Å². The monoisotopic (exact) mass is 252 g/mol. The maximum atomic E-state index is 12.6. The van der Waals surface area contributed by atoms with Gasteiger partial charge in [0, 0.05) is 12.0 Å². The Hall–Kier alpha value is -1.46. The highest BCUT2D eigenvalue weighted by Gasteiger charge is 2.33. The van der Waals surface area contributed by atoms with E-state index in [1.54, 1.807) is 0 Å². The van der Waals surface area contributed by atoms with Gasteiger partial charge in [-0.2, -0.15) is 13.2 Å². The first-order valence-corrected chi connectivity index (χ1v) is 4.78. The van der Waals surface area contributed by atoms with Gasteiger partial charge in [0.1, 0.15) is 6.29 Å².